The molecule has 0 aromatic heterocycles. The van der Waals surface area contributed by atoms with Gasteiger partial charge < -0.3 is 15.2 Å². The fourth-order valence-electron chi connectivity index (χ4n) is 2.21. The molecule has 0 aliphatic rings. The Bertz CT molecular complexity index is 386. The second kappa shape index (κ2) is 5.52. The van der Waals surface area contributed by atoms with Crippen molar-refractivity contribution in [2.75, 3.05) is 20.3 Å². The molecule has 1 unspecified atom stereocenters. The summed E-state index contributed by atoms with van der Waals surface area (Å²) in [5.74, 6) is 0.840. The molecular formula is C14H23NO2. The number of benzene rings is 1. The normalized spacial score (nSPS) is 14.5. The first-order valence-electron chi connectivity index (χ1n) is 5.94. The summed E-state index contributed by atoms with van der Waals surface area (Å²) in [5, 5.41) is 0. The van der Waals surface area contributed by atoms with E-state index in [9.17, 15) is 0 Å². The van der Waals surface area contributed by atoms with E-state index in [1.54, 1.807) is 7.11 Å². The van der Waals surface area contributed by atoms with Crippen LogP contribution in [0, 0.1) is 13.8 Å². The van der Waals surface area contributed by atoms with Crippen LogP contribution < -0.4 is 10.5 Å². The van der Waals surface area contributed by atoms with Gasteiger partial charge in [-0.3, -0.25) is 0 Å². The SMILES string of the molecule is CCOCC(C)(N)c1c(C)cc(C)cc1OC. The molecule has 96 valence electrons. The van der Waals surface area contributed by atoms with Crippen molar-refractivity contribution in [3.8, 4) is 5.75 Å². The van der Waals surface area contributed by atoms with Gasteiger partial charge >= 0.3 is 0 Å². The number of ether oxygens (including phenoxy) is 2. The first-order chi connectivity index (χ1) is 7.92. The van der Waals surface area contributed by atoms with Crippen LogP contribution in [0.3, 0.4) is 0 Å². The van der Waals surface area contributed by atoms with Gasteiger partial charge in [0.15, 0.2) is 0 Å². The van der Waals surface area contributed by atoms with Crippen molar-refractivity contribution >= 4 is 0 Å². The maximum Gasteiger partial charge on any atom is 0.124 e. The molecule has 0 saturated heterocycles. The van der Waals surface area contributed by atoms with Crippen molar-refractivity contribution in [3.63, 3.8) is 0 Å². The largest absolute Gasteiger partial charge is 0.496 e. The lowest BCUT2D eigenvalue weighted by Crippen LogP contribution is -2.39. The molecule has 0 aliphatic carbocycles. The van der Waals surface area contributed by atoms with Crippen molar-refractivity contribution < 1.29 is 9.47 Å². The van der Waals surface area contributed by atoms with Crippen LogP contribution in [0.2, 0.25) is 0 Å². The number of hydrogen-bond donors (Lipinski definition) is 1. The Kier molecular flexibility index (Phi) is 4.54. The van der Waals surface area contributed by atoms with Gasteiger partial charge in [-0.05, 0) is 44.9 Å². The van der Waals surface area contributed by atoms with Crippen LogP contribution in [0.1, 0.15) is 30.5 Å². The third-order valence-corrected chi connectivity index (χ3v) is 2.84. The minimum Gasteiger partial charge on any atom is -0.496 e. The number of aryl methyl sites for hydroxylation is 2. The highest BCUT2D eigenvalue weighted by Gasteiger charge is 2.27. The Hall–Kier alpha value is -1.06. The molecule has 1 atom stereocenters. The number of hydrogen-bond acceptors (Lipinski definition) is 3. The number of nitrogens with two attached hydrogens (primary N) is 1. The Morgan fingerprint density at radius 1 is 1.29 bits per heavy atom. The predicted octanol–water partition coefficient (Wildman–Crippen LogP) is 2.52. The molecule has 0 aliphatic heterocycles. The predicted molar refractivity (Wildman–Crippen MR) is 70.5 cm³/mol. The zero-order chi connectivity index (χ0) is 13.1. The Morgan fingerprint density at radius 3 is 2.47 bits per heavy atom. The van der Waals surface area contributed by atoms with Crippen molar-refractivity contribution in [2.24, 2.45) is 5.73 Å². The van der Waals surface area contributed by atoms with Crippen LogP contribution in [0.4, 0.5) is 0 Å². The molecule has 1 rings (SSSR count). The lowest BCUT2D eigenvalue weighted by atomic mass is 9.88. The summed E-state index contributed by atoms with van der Waals surface area (Å²) in [6.07, 6.45) is 0. The second-order valence-electron chi connectivity index (χ2n) is 4.71. The highest BCUT2D eigenvalue weighted by molar-refractivity contribution is 5.47. The minimum absolute atomic E-state index is 0.490. The second-order valence-corrected chi connectivity index (χ2v) is 4.71. The van der Waals surface area contributed by atoms with Crippen LogP contribution in [0.5, 0.6) is 5.75 Å². The highest BCUT2D eigenvalue weighted by atomic mass is 16.5. The maximum atomic E-state index is 6.35. The summed E-state index contributed by atoms with van der Waals surface area (Å²) >= 11 is 0. The summed E-state index contributed by atoms with van der Waals surface area (Å²) < 4.78 is 10.9. The van der Waals surface area contributed by atoms with Gasteiger partial charge in [-0.1, -0.05) is 6.07 Å². The zero-order valence-electron chi connectivity index (χ0n) is 11.5. The minimum atomic E-state index is -0.529. The quantitative estimate of drug-likeness (QED) is 0.856. The molecule has 17 heavy (non-hydrogen) atoms. The molecule has 0 fully saturated rings. The van der Waals surface area contributed by atoms with E-state index >= 15 is 0 Å². The lowest BCUT2D eigenvalue weighted by Gasteiger charge is -2.28. The molecule has 0 bridgehead atoms. The summed E-state index contributed by atoms with van der Waals surface area (Å²) in [5.41, 5.74) is 9.17. The van der Waals surface area contributed by atoms with Crippen molar-refractivity contribution in [1.29, 1.82) is 0 Å². The van der Waals surface area contributed by atoms with E-state index in [2.05, 4.69) is 19.9 Å². The molecular weight excluding hydrogens is 214 g/mol. The Balaban J connectivity index is 3.19. The standard InChI is InChI=1S/C14H23NO2/c1-6-17-9-14(4,15)13-11(3)7-10(2)8-12(13)16-5/h7-8H,6,9,15H2,1-5H3. The molecule has 0 saturated carbocycles. The van der Waals surface area contributed by atoms with Gasteiger partial charge in [0.25, 0.3) is 0 Å². The van der Waals surface area contributed by atoms with E-state index in [4.69, 9.17) is 15.2 Å². The highest BCUT2D eigenvalue weighted by Crippen LogP contribution is 2.32. The van der Waals surface area contributed by atoms with Crippen LogP contribution >= 0.6 is 0 Å². The average molecular weight is 237 g/mol. The van der Waals surface area contributed by atoms with Crippen molar-refractivity contribution in [2.45, 2.75) is 33.2 Å². The van der Waals surface area contributed by atoms with Gasteiger partial charge in [-0.15, -0.1) is 0 Å². The third kappa shape index (κ3) is 3.20. The van der Waals surface area contributed by atoms with Gasteiger partial charge in [-0.25, -0.2) is 0 Å². The smallest absolute Gasteiger partial charge is 0.124 e. The van der Waals surface area contributed by atoms with Gasteiger partial charge in [0.2, 0.25) is 0 Å². The van der Waals surface area contributed by atoms with Crippen LogP contribution in [0.15, 0.2) is 12.1 Å². The lowest BCUT2D eigenvalue weighted by molar-refractivity contribution is 0.0994. The monoisotopic (exact) mass is 237 g/mol. The summed E-state index contributed by atoms with van der Waals surface area (Å²) in [4.78, 5) is 0. The fourth-order valence-corrected chi connectivity index (χ4v) is 2.21. The molecule has 3 heteroatoms. The first-order valence-corrected chi connectivity index (χ1v) is 5.94. The van der Waals surface area contributed by atoms with Crippen molar-refractivity contribution in [3.05, 3.63) is 28.8 Å². The van der Waals surface area contributed by atoms with Crippen LogP contribution in [0.25, 0.3) is 0 Å². The number of methoxy groups -OCH3 is 1. The summed E-state index contributed by atoms with van der Waals surface area (Å²) in [6, 6.07) is 4.13. The summed E-state index contributed by atoms with van der Waals surface area (Å²) in [7, 11) is 1.68. The van der Waals surface area contributed by atoms with E-state index in [0.29, 0.717) is 13.2 Å². The third-order valence-electron chi connectivity index (χ3n) is 2.84. The first kappa shape index (κ1) is 14.0. The zero-order valence-corrected chi connectivity index (χ0v) is 11.5. The van der Waals surface area contributed by atoms with E-state index in [-0.39, 0.29) is 0 Å². The fraction of sp³-hybridized carbons (Fsp3) is 0.571. The Labute approximate surface area is 104 Å². The molecule has 0 amide bonds. The molecule has 1 aromatic carbocycles. The van der Waals surface area contributed by atoms with Gasteiger partial charge in [0.1, 0.15) is 5.75 Å². The molecule has 0 heterocycles. The van der Waals surface area contributed by atoms with Gasteiger partial charge in [0, 0.05) is 12.2 Å². The van der Waals surface area contributed by atoms with Crippen molar-refractivity contribution in [1.82, 2.24) is 0 Å². The van der Waals surface area contributed by atoms with E-state index < -0.39 is 5.54 Å². The van der Waals surface area contributed by atoms with Crippen LogP contribution in [-0.4, -0.2) is 20.3 Å². The topological polar surface area (TPSA) is 44.5 Å². The molecule has 2 N–H and O–H groups in total. The van der Waals surface area contributed by atoms with Gasteiger partial charge in [0.05, 0.1) is 19.3 Å². The molecule has 3 nitrogen and oxygen atoms in total. The van der Waals surface area contributed by atoms with E-state index in [0.717, 1.165) is 16.9 Å². The maximum absolute atomic E-state index is 6.35. The van der Waals surface area contributed by atoms with E-state index in [1.165, 1.54) is 5.56 Å². The Morgan fingerprint density at radius 2 is 1.94 bits per heavy atom. The van der Waals surface area contributed by atoms with Crippen LogP contribution in [-0.2, 0) is 10.3 Å². The molecule has 1 aromatic rings. The van der Waals surface area contributed by atoms with Gasteiger partial charge in [-0.2, -0.15) is 0 Å². The molecule has 0 spiro atoms. The summed E-state index contributed by atoms with van der Waals surface area (Å²) in [6.45, 7) is 9.21. The van der Waals surface area contributed by atoms with E-state index in [1.807, 2.05) is 19.9 Å². The average Bonchev–Trinajstić information content (AvgIpc) is 2.24. The molecule has 0 radical (unpaired) electrons. The number of rotatable bonds is 5.